The van der Waals surface area contributed by atoms with Gasteiger partial charge in [0.15, 0.2) is 5.96 Å². The van der Waals surface area contributed by atoms with Crippen LogP contribution in [-0.2, 0) is 0 Å². The van der Waals surface area contributed by atoms with Crippen molar-refractivity contribution in [3.8, 4) is 0 Å². The van der Waals surface area contributed by atoms with Gasteiger partial charge in [0.2, 0.25) is 0 Å². The van der Waals surface area contributed by atoms with E-state index in [0.29, 0.717) is 18.5 Å². The quantitative estimate of drug-likeness (QED) is 0.583. The first-order chi connectivity index (χ1) is 10.3. The highest BCUT2D eigenvalue weighted by Crippen LogP contribution is 2.23. The van der Waals surface area contributed by atoms with E-state index in [9.17, 15) is 13.2 Å². The van der Waals surface area contributed by atoms with Crippen LogP contribution in [0.25, 0.3) is 0 Å². The summed E-state index contributed by atoms with van der Waals surface area (Å²) in [4.78, 5) is 5.63. The van der Waals surface area contributed by atoms with Gasteiger partial charge >= 0.3 is 6.18 Å². The van der Waals surface area contributed by atoms with E-state index in [0.717, 1.165) is 25.3 Å². The predicted octanol–water partition coefficient (Wildman–Crippen LogP) is 2.61. The fourth-order valence-corrected chi connectivity index (χ4v) is 2.64. The Labute approximate surface area is 131 Å². The van der Waals surface area contributed by atoms with Crippen LogP contribution in [0.15, 0.2) is 4.99 Å². The number of alkyl halides is 3. The van der Waals surface area contributed by atoms with Crippen molar-refractivity contribution in [2.75, 3.05) is 33.2 Å². The molecule has 0 aromatic heterocycles. The first-order valence-electron chi connectivity index (χ1n) is 8.10. The van der Waals surface area contributed by atoms with Crippen LogP contribution in [0.3, 0.4) is 0 Å². The molecule has 130 valence electrons. The number of likely N-dealkylation sites (N-methyl/N-ethyl adjacent to an activating group) is 1. The van der Waals surface area contributed by atoms with Crippen molar-refractivity contribution in [1.29, 1.82) is 0 Å². The van der Waals surface area contributed by atoms with Crippen molar-refractivity contribution in [2.24, 2.45) is 10.9 Å². The fourth-order valence-electron chi connectivity index (χ4n) is 2.64. The van der Waals surface area contributed by atoms with Crippen LogP contribution < -0.4 is 10.6 Å². The Morgan fingerprint density at radius 2 is 1.86 bits per heavy atom. The average molecular weight is 322 g/mol. The summed E-state index contributed by atoms with van der Waals surface area (Å²) in [7, 11) is 1.46. The zero-order chi connectivity index (χ0) is 16.6. The molecule has 0 spiro atoms. The SMILES string of the molecule is CCNC(=NCCN(C)CC(F)(F)F)NC1CCC(C)CC1. The minimum Gasteiger partial charge on any atom is -0.357 e. The molecule has 0 bridgehead atoms. The van der Waals surface area contributed by atoms with Gasteiger partial charge in [0, 0.05) is 19.1 Å². The monoisotopic (exact) mass is 322 g/mol. The van der Waals surface area contributed by atoms with Gasteiger partial charge in [-0.15, -0.1) is 0 Å². The Kier molecular flexibility index (Phi) is 8.00. The normalized spacial score (nSPS) is 23.7. The van der Waals surface area contributed by atoms with Gasteiger partial charge in [-0.2, -0.15) is 13.2 Å². The second-order valence-corrected chi connectivity index (χ2v) is 6.21. The number of nitrogens with zero attached hydrogens (tertiary/aromatic N) is 2. The van der Waals surface area contributed by atoms with Gasteiger partial charge in [-0.3, -0.25) is 9.89 Å². The number of guanidine groups is 1. The van der Waals surface area contributed by atoms with Crippen molar-refractivity contribution >= 4 is 5.96 Å². The third-order valence-electron chi connectivity index (χ3n) is 3.90. The third-order valence-corrected chi connectivity index (χ3v) is 3.90. The highest BCUT2D eigenvalue weighted by molar-refractivity contribution is 5.80. The summed E-state index contributed by atoms with van der Waals surface area (Å²) in [6.07, 6.45) is 0.524. The molecule has 0 unspecified atom stereocenters. The topological polar surface area (TPSA) is 39.7 Å². The molecule has 1 aliphatic carbocycles. The molecule has 0 aromatic carbocycles. The molecular weight excluding hydrogens is 293 g/mol. The molecule has 7 heteroatoms. The standard InChI is InChI=1S/C15H29F3N4/c1-4-19-14(21-13-7-5-12(2)6-8-13)20-9-10-22(3)11-15(16,17)18/h12-13H,4-11H2,1-3H3,(H2,19,20,21). The molecule has 0 heterocycles. The van der Waals surface area contributed by atoms with E-state index in [1.54, 1.807) is 0 Å². The van der Waals surface area contributed by atoms with E-state index in [1.807, 2.05) is 6.92 Å². The lowest BCUT2D eigenvalue weighted by Crippen LogP contribution is -2.45. The molecule has 1 aliphatic rings. The molecule has 1 rings (SSSR count). The Hall–Kier alpha value is -0.980. The zero-order valence-corrected chi connectivity index (χ0v) is 13.8. The smallest absolute Gasteiger partial charge is 0.357 e. The number of aliphatic imine (C=N–C) groups is 1. The van der Waals surface area contributed by atoms with Crippen molar-refractivity contribution in [3.05, 3.63) is 0 Å². The lowest BCUT2D eigenvalue weighted by Gasteiger charge is -2.28. The van der Waals surface area contributed by atoms with Gasteiger partial charge in [-0.25, -0.2) is 0 Å². The van der Waals surface area contributed by atoms with Crippen LogP contribution in [0, 0.1) is 5.92 Å². The van der Waals surface area contributed by atoms with Crippen LogP contribution in [0.1, 0.15) is 39.5 Å². The van der Waals surface area contributed by atoms with Crippen LogP contribution >= 0.6 is 0 Å². The summed E-state index contributed by atoms with van der Waals surface area (Å²) in [6.45, 7) is 4.74. The van der Waals surface area contributed by atoms with Crippen LogP contribution in [0.4, 0.5) is 13.2 Å². The van der Waals surface area contributed by atoms with E-state index < -0.39 is 12.7 Å². The molecule has 0 aliphatic heterocycles. The fraction of sp³-hybridized carbons (Fsp3) is 0.933. The molecule has 0 saturated heterocycles. The third kappa shape index (κ3) is 8.46. The highest BCUT2D eigenvalue weighted by atomic mass is 19.4. The largest absolute Gasteiger partial charge is 0.401 e. The summed E-state index contributed by atoms with van der Waals surface area (Å²) in [5.74, 6) is 1.50. The zero-order valence-electron chi connectivity index (χ0n) is 13.8. The molecule has 0 radical (unpaired) electrons. The second kappa shape index (κ2) is 9.22. The van der Waals surface area contributed by atoms with E-state index >= 15 is 0 Å². The maximum Gasteiger partial charge on any atom is 0.401 e. The molecule has 0 amide bonds. The molecule has 1 fully saturated rings. The van der Waals surface area contributed by atoms with Crippen molar-refractivity contribution in [2.45, 2.75) is 51.7 Å². The van der Waals surface area contributed by atoms with Crippen molar-refractivity contribution in [1.82, 2.24) is 15.5 Å². The van der Waals surface area contributed by atoms with Gasteiger partial charge in [0.1, 0.15) is 0 Å². The average Bonchev–Trinajstić information content (AvgIpc) is 2.39. The van der Waals surface area contributed by atoms with Gasteiger partial charge in [-0.05, 0) is 45.6 Å². The van der Waals surface area contributed by atoms with E-state index in [2.05, 4.69) is 22.5 Å². The summed E-state index contributed by atoms with van der Waals surface area (Å²) < 4.78 is 36.8. The maximum atomic E-state index is 12.3. The molecule has 2 N–H and O–H groups in total. The molecule has 22 heavy (non-hydrogen) atoms. The number of halogens is 3. The van der Waals surface area contributed by atoms with Crippen molar-refractivity contribution in [3.63, 3.8) is 0 Å². The first kappa shape index (κ1) is 19.1. The minimum atomic E-state index is -4.15. The Morgan fingerprint density at radius 3 is 2.41 bits per heavy atom. The summed E-state index contributed by atoms with van der Waals surface area (Å²) in [5, 5.41) is 6.56. The number of hydrogen-bond donors (Lipinski definition) is 2. The Balaban J connectivity index is 2.38. The molecular formula is C15H29F3N4. The van der Waals surface area contributed by atoms with Crippen molar-refractivity contribution < 1.29 is 13.2 Å². The van der Waals surface area contributed by atoms with Gasteiger partial charge < -0.3 is 10.6 Å². The van der Waals surface area contributed by atoms with Crippen LogP contribution in [-0.4, -0.2) is 56.3 Å². The molecule has 4 nitrogen and oxygen atoms in total. The number of rotatable bonds is 6. The first-order valence-corrected chi connectivity index (χ1v) is 8.10. The van der Waals surface area contributed by atoms with E-state index in [4.69, 9.17) is 0 Å². The lowest BCUT2D eigenvalue weighted by atomic mass is 9.87. The van der Waals surface area contributed by atoms with Crippen LogP contribution in [0.2, 0.25) is 0 Å². The number of hydrogen-bond acceptors (Lipinski definition) is 2. The maximum absolute atomic E-state index is 12.3. The minimum absolute atomic E-state index is 0.289. The van der Waals surface area contributed by atoms with Gasteiger partial charge in [-0.1, -0.05) is 6.92 Å². The highest BCUT2D eigenvalue weighted by Gasteiger charge is 2.28. The predicted molar refractivity (Wildman–Crippen MR) is 84.1 cm³/mol. The van der Waals surface area contributed by atoms with Gasteiger partial charge in [0.25, 0.3) is 0 Å². The lowest BCUT2D eigenvalue weighted by molar-refractivity contribution is -0.142. The van der Waals surface area contributed by atoms with E-state index in [1.165, 1.54) is 24.8 Å². The van der Waals surface area contributed by atoms with E-state index in [-0.39, 0.29) is 6.54 Å². The van der Waals surface area contributed by atoms with Gasteiger partial charge in [0.05, 0.1) is 13.1 Å². The number of nitrogens with one attached hydrogen (secondary N) is 2. The molecule has 0 atom stereocenters. The Morgan fingerprint density at radius 1 is 1.23 bits per heavy atom. The Bertz CT molecular complexity index is 336. The summed E-state index contributed by atoms with van der Waals surface area (Å²) in [6, 6.07) is 0.418. The molecule has 0 aromatic rings. The summed E-state index contributed by atoms with van der Waals surface area (Å²) in [5.41, 5.74) is 0. The molecule has 1 saturated carbocycles. The second-order valence-electron chi connectivity index (χ2n) is 6.21. The van der Waals surface area contributed by atoms with Crippen LogP contribution in [0.5, 0.6) is 0 Å². The summed E-state index contributed by atoms with van der Waals surface area (Å²) >= 11 is 0.